The lowest BCUT2D eigenvalue weighted by molar-refractivity contribution is -0.0659. The molecule has 0 bridgehead atoms. The van der Waals surface area contributed by atoms with Crippen LogP contribution < -0.4 is 16.5 Å². The molecule has 0 saturated heterocycles. The van der Waals surface area contributed by atoms with Crippen LogP contribution in [0.3, 0.4) is 0 Å². The minimum atomic E-state index is -4.82. The summed E-state index contributed by atoms with van der Waals surface area (Å²) in [5.74, 6) is -2.01. The number of nitrogens with one attached hydrogen (secondary N) is 3. The summed E-state index contributed by atoms with van der Waals surface area (Å²) in [6.07, 6.45) is -3.44. The minimum absolute atomic E-state index is 0.0542. The number of halogens is 7. The molecule has 23 heavy (non-hydrogen) atoms. The summed E-state index contributed by atoms with van der Waals surface area (Å²) in [4.78, 5) is 3.84. The Balaban J connectivity index is 2.34. The third kappa shape index (κ3) is 4.42. The maximum atomic E-state index is 12.9. The van der Waals surface area contributed by atoms with Crippen molar-refractivity contribution in [2.45, 2.75) is 9.97 Å². The highest BCUT2D eigenvalue weighted by atomic mass is 35.6. The predicted octanol–water partition coefficient (Wildman–Crippen LogP) is 3.03. The van der Waals surface area contributed by atoms with Crippen LogP contribution in [0.1, 0.15) is 0 Å². The average molecular weight is 411 g/mol. The van der Waals surface area contributed by atoms with E-state index in [2.05, 4.69) is 26.1 Å². The Kier molecular flexibility index (Phi) is 5.31. The van der Waals surface area contributed by atoms with Gasteiger partial charge in [-0.05, 0) is 12.1 Å². The number of alkyl halides is 6. The van der Waals surface area contributed by atoms with Gasteiger partial charge in [0.05, 0.1) is 5.02 Å². The van der Waals surface area contributed by atoms with E-state index < -0.39 is 21.6 Å². The first-order valence-corrected chi connectivity index (χ1v) is 7.09. The number of hydrogen-bond acceptors (Lipinski definition) is 6. The van der Waals surface area contributed by atoms with Crippen LogP contribution in [0.15, 0.2) is 28.5 Å². The molecule has 1 aliphatic rings. The maximum absolute atomic E-state index is 12.9. The molecular formula is C9H6Cl4F3N7. The van der Waals surface area contributed by atoms with Crippen LogP contribution in [-0.2, 0) is 0 Å². The molecule has 0 atom stereocenters. The van der Waals surface area contributed by atoms with Gasteiger partial charge >= 0.3 is 6.18 Å². The second-order valence-corrected chi connectivity index (χ2v) is 6.56. The van der Waals surface area contributed by atoms with Crippen LogP contribution in [0.2, 0.25) is 5.02 Å². The zero-order chi connectivity index (χ0) is 17.3. The molecule has 0 aliphatic carbocycles. The summed E-state index contributed by atoms with van der Waals surface area (Å²) in [7, 11) is 0. The molecule has 1 aliphatic heterocycles. The van der Waals surface area contributed by atoms with Crippen molar-refractivity contribution in [1.82, 2.24) is 21.1 Å². The Bertz CT molecular complexity index is 643. The number of hydrazone groups is 2. The van der Waals surface area contributed by atoms with Gasteiger partial charge in [-0.1, -0.05) is 46.4 Å². The monoisotopic (exact) mass is 409 g/mol. The van der Waals surface area contributed by atoms with E-state index in [0.29, 0.717) is 5.01 Å². The molecule has 3 N–H and O–H groups in total. The van der Waals surface area contributed by atoms with Gasteiger partial charge in [-0.25, -0.2) is 15.5 Å². The SMILES string of the molecule is FC(F)(F)C1=NNNN1/C(=N\Nc1ncccc1Cl)C(Cl)(Cl)Cl. The molecular weight excluding hydrogens is 405 g/mol. The Morgan fingerprint density at radius 1 is 1.30 bits per heavy atom. The molecule has 0 spiro atoms. The van der Waals surface area contributed by atoms with E-state index in [0.717, 1.165) is 0 Å². The second kappa shape index (κ2) is 6.73. The fourth-order valence-corrected chi connectivity index (χ4v) is 1.93. The Morgan fingerprint density at radius 3 is 2.57 bits per heavy atom. The van der Waals surface area contributed by atoms with Crippen molar-refractivity contribution < 1.29 is 13.2 Å². The van der Waals surface area contributed by atoms with Crippen molar-refractivity contribution in [3.63, 3.8) is 0 Å². The number of hydrazine groups is 2. The normalized spacial score (nSPS) is 16.2. The van der Waals surface area contributed by atoms with E-state index in [1.165, 1.54) is 12.3 Å². The van der Waals surface area contributed by atoms with Crippen molar-refractivity contribution in [2.75, 3.05) is 5.43 Å². The van der Waals surface area contributed by atoms with Gasteiger partial charge in [0, 0.05) is 6.20 Å². The van der Waals surface area contributed by atoms with Gasteiger partial charge < -0.3 is 0 Å². The van der Waals surface area contributed by atoms with Crippen LogP contribution in [0.25, 0.3) is 0 Å². The van der Waals surface area contributed by atoms with Crippen LogP contribution in [-0.4, -0.2) is 31.6 Å². The smallest absolute Gasteiger partial charge is 0.258 e. The number of aromatic nitrogens is 1. The number of hydrogen-bond donors (Lipinski definition) is 3. The Hall–Kier alpha value is -1.20. The zero-order valence-electron chi connectivity index (χ0n) is 10.7. The summed E-state index contributed by atoms with van der Waals surface area (Å²) in [6.45, 7) is 0. The third-order valence-corrected chi connectivity index (χ3v) is 3.09. The summed E-state index contributed by atoms with van der Waals surface area (Å²) >= 11 is 22.9. The van der Waals surface area contributed by atoms with Gasteiger partial charge in [-0.2, -0.15) is 18.3 Å². The first-order chi connectivity index (χ1) is 10.6. The molecule has 0 aromatic carbocycles. The quantitative estimate of drug-likeness (QED) is 0.302. The molecule has 7 nitrogen and oxygen atoms in total. The number of amidine groups is 2. The van der Waals surface area contributed by atoms with E-state index >= 15 is 0 Å². The summed E-state index contributed by atoms with van der Waals surface area (Å²) in [5, 5.41) is 7.16. The fraction of sp³-hybridized carbons (Fsp3) is 0.222. The standard InChI is InChI=1S/C9H6Cl4F3N7/c10-4-2-1-3-17-5(4)18-19-6(8(11,12)13)23-7(9(14,15)16)20-21-22-23/h1-3,21-22H,(H,17,18)/b19-6-. The van der Waals surface area contributed by atoms with Gasteiger partial charge in [0.2, 0.25) is 0 Å². The van der Waals surface area contributed by atoms with Gasteiger partial charge in [0.15, 0.2) is 11.7 Å². The lowest BCUT2D eigenvalue weighted by Crippen LogP contribution is -2.53. The minimum Gasteiger partial charge on any atom is -0.258 e. The molecule has 0 unspecified atom stereocenters. The molecule has 1 aromatic heterocycles. The van der Waals surface area contributed by atoms with E-state index in [-0.39, 0.29) is 10.8 Å². The molecule has 2 rings (SSSR count). The van der Waals surface area contributed by atoms with Crippen molar-refractivity contribution in [3.8, 4) is 0 Å². The maximum Gasteiger partial charge on any atom is 0.453 e. The molecule has 0 saturated carbocycles. The summed E-state index contributed by atoms with van der Waals surface area (Å²) < 4.78 is 36.4. The van der Waals surface area contributed by atoms with Crippen molar-refractivity contribution in [2.24, 2.45) is 10.2 Å². The van der Waals surface area contributed by atoms with Gasteiger partial charge in [-0.3, -0.25) is 5.43 Å². The second-order valence-electron chi connectivity index (χ2n) is 3.87. The zero-order valence-corrected chi connectivity index (χ0v) is 13.7. The summed E-state index contributed by atoms with van der Waals surface area (Å²) in [6, 6.07) is 3.03. The van der Waals surface area contributed by atoms with E-state index in [1.807, 2.05) is 5.53 Å². The molecule has 0 fully saturated rings. The number of anilines is 1. The van der Waals surface area contributed by atoms with Gasteiger partial charge in [-0.15, -0.1) is 10.6 Å². The van der Waals surface area contributed by atoms with Gasteiger partial charge in [0.25, 0.3) is 9.63 Å². The lowest BCUT2D eigenvalue weighted by Gasteiger charge is -2.25. The number of pyridine rings is 1. The third-order valence-electron chi connectivity index (χ3n) is 2.28. The highest BCUT2D eigenvalue weighted by molar-refractivity contribution is 6.76. The van der Waals surface area contributed by atoms with Crippen LogP contribution >= 0.6 is 46.4 Å². The van der Waals surface area contributed by atoms with Crippen molar-refractivity contribution in [1.29, 1.82) is 0 Å². The van der Waals surface area contributed by atoms with Crippen molar-refractivity contribution in [3.05, 3.63) is 23.4 Å². The highest BCUT2D eigenvalue weighted by Gasteiger charge is 2.48. The molecule has 1 aromatic rings. The number of nitrogens with zero attached hydrogens (tertiary/aromatic N) is 4. The van der Waals surface area contributed by atoms with E-state index in [4.69, 9.17) is 46.4 Å². The highest BCUT2D eigenvalue weighted by Crippen LogP contribution is 2.32. The van der Waals surface area contributed by atoms with Crippen LogP contribution in [0.4, 0.5) is 19.0 Å². The molecule has 0 amide bonds. The first-order valence-electron chi connectivity index (χ1n) is 5.58. The molecule has 0 radical (unpaired) electrons. The Morgan fingerprint density at radius 2 is 2.00 bits per heavy atom. The molecule has 14 heteroatoms. The van der Waals surface area contributed by atoms with Crippen LogP contribution in [0, 0.1) is 0 Å². The van der Waals surface area contributed by atoms with E-state index in [9.17, 15) is 13.2 Å². The topological polar surface area (TPSA) is 76.9 Å². The summed E-state index contributed by atoms with van der Waals surface area (Å²) in [5.41, 5.74) is 6.29. The first kappa shape index (κ1) is 18.1. The molecule has 2 heterocycles. The number of rotatable bonds is 2. The Labute approximate surface area is 147 Å². The predicted molar refractivity (Wildman–Crippen MR) is 82.2 cm³/mol. The average Bonchev–Trinajstić information content (AvgIpc) is 2.88. The van der Waals surface area contributed by atoms with E-state index in [1.54, 1.807) is 6.07 Å². The van der Waals surface area contributed by atoms with Crippen molar-refractivity contribution >= 4 is 63.9 Å². The van der Waals surface area contributed by atoms with Crippen LogP contribution in [0.5, 0.6) is 0 Å². The lowest BCUT2D eigenvalue weighted by atomic mass is 10.5. The molecule has 126 valence electrons. The fourth-order valence-electron chi connectivity index (χ4n) is 1.39. The largest absolute Gasteiger partial charge is 0.453 e. The van der Waals surface area contributed by atoms with Gasteiger partial charge in [0.1, 0.15) is 0 Å².